The van der Waals surface area contributed by atoms with E-state index in [9.17, 15) is 0 Å². The van der Waals surface area contributed by atoms with Gasteiger partial charge in [0.25, 0.3) is 0 Å². The summed E-state index contributed by atoms with van der Waals surface area (Å²) in [5.41, 5.74) is 0.947. The molecule has 1 N–H and O–H groups in total. The van der Waals surface area contributed by atoms with Crippen molar-refractivity contribution >= 4 is 17.3 Å². The summed E-state index contributed by atoms with van der Waals surface area (Å²) in [6.07, 6.45) is 3.14. The van der Waals surface area contributed by atoms with Crippen LogP contribution in [0.25, 0.3) is 0 Å². The Morgan fingerprint density at radius 3 is 2.94 bits per heavy atom. The monoisotopic (exact) mass is 250 g/mol. The first kappa shape index (κ1) is 12.1. The molecule has 1 saturated carbocycles. The lowest BCUT2D eigenvalue weighted by Crippen LogP contribution is -2.22. The molecule has 4 heteroatoms. The van der Waals surface area contributed by atoms with Crippen LogP contribution in [0.4, 0.5) is 5.69 Å². The van der Waals surface area contributed by atoms with E-state index in [4.69, 9.17) is 21.6 Å². The lowest BCUT2D eigenvalue weighted by atomic mass is 10.1. The maximum absolute atomic E-state index is 9.02. The molecule has 0 saturated heterocycles. The molecule has 3 nitrogen and oxygen atoms in total. The molecule has 90 valence electrons. The SMILES string of the molecule is COc1ccc(NC2CCCC2C#N)cc1Cl. The summed E-state index contributed by atoms with van der Waals surface area (Å²) in [6.45, 7) is 0. The molecule has 0 aromatic heterocycles. The second-order valence-corrected chi connectivity index (χ2v) is 4.67. The Morgan fingerprint density at radius 2 is 2.29 bits per heavy atom. The minimum absolute atomic E-state index is 0.107. The van der Waals surface area contributed by atoms with E-state index in [0.717, 1.165) is 24.9 Å². The molecule has 0 amide bonds. The molecule has 0 spiro atoms. The molecule has 1 aromatic carbocycles. The zero-order valence-electron chi connectivity index (χ0n) is 9.74. The van der Waals surface area contributed by atoms with Crippen molar-refractivity contribution < 1.29 is 4.74 Å². The maximum atomic E-state index is 9.02. The Kier molecular flexibility index (Phi) is 3.75. The van der Waals surface area contributed by atoms with E-state index in [2.05, 4.69) is 11.4 Å². The summed E-state index contributed by atoms with van der Waals surface area (Å²) in [4.78, 5) is 0. The van der Waals surface area contributed by atoms with E-state index in [1.807, 2.05) is 18.2 Å². The largest absolute Gasteiger partial charge is 0.495 e. The van der Waals surface area contributed by atoms with Crippen LogP contribution in [0.2, 0.25) is 5.02 Å². The number of halogens is 1. The highest BCUT2D eigenvalue weighted by Crippen LogP contribution is 2.31. The van der Waals surface area contributed by atoms with Gasteiger partial charge >= 0.3 is 0 Å². The van der Waals surface area contributed by atoms with Crippen LogP contribution in [-0.2, 0) is 0 Å². The average Bonchev–Trinajstić information content (AvgIpc) is 2.76. The van der Waals surface area contributed by atoms with Crippen LogP contribution in [0, 0.1) is 17.2 Å². The number of nitrogens with zero attached hydrogens (tertiary/aromatic N) is 1. The van der Waals surface area contributed by atoms with Gasteiger partial charge in [0.05, 0.1) is 24.1 Å². The molecule has 2 unspecified atom stereocenters. The fourth-order valence-electron chi connectivity index (χ4n) is 2.26. The second kappa shape index (κ2) is 5.29. The van der Waals surface area contributed by atoms with Gasteiger partial charge in [-0.05, 0) is 37.5 Å². The summed E-state index contributed by atoms with van der Waals surface area (Å²) in [5, 5.41) is 13.0. The number of nitriles is 1. The van der Waals surface area contributed by atoms with Gasteiger partial charge < -0.3 is 10.1 Å². The number of benzene rings is 1. The van der Waals surface area contributed by atoms with E-state index in [1.165, 1.54) is 0 Å². The number of hydrogen-bond acceptors (Lipinski definition) is 3. The minimum Gasteiger partial charge on any atom is -0.495 e. The molecule has 0 heterocycles. The number of nitrogens with one attached hydrogen (secondary N) is 1. The maximum Gasteiger partial charge on any atom is 0.137 e. The Morgan fingerprint density at radius 1 is 1.47 bits per heavy atom. The minimum atomic E-state index is 0.107. The van der Waals surface area contributed by atoms with Crippen molar-refractivity contribution in [2.45, 2.75) is 25.3 Å². The van der Waals surface area contributed by atoms with Gasteiger partial charge in [-0.3, -0.25) is 0 Å². The third-order valence-electron chi connectivity index (χ3n) is 3.19. The van der Waals surface area contributed by atoms with Crippen LogP contribution in [0.1, 0.15) is 19.3 Å². The number of methoxy groups -OCH3 is 1. The first-order valence-corrected chi connectivity index (χ1v) is 6.12. The van der Waals surface area contributed by atoms with Gasteiger partial charge in [-0.2, -0.15) is 5.26 Å². The van der Waals surface area contributed by atoms with Crippen LogP contribution < -0.4 is 10.1 Å². The number of ether oxygens (including phenoxy) is 1. The first-order chi connectivity index (χ1) is 8.24. The van der Waals surface area contributed by atoms with Crippen molar-refractivity contribution in [3.63, 3.8) is 0 Å². The molecule has 1 fully saturated rings. The topological polar surface area (TPSA) is 45.0 Å². The molecule has 1 aliphatic rings. The van der Waals surface area contributed by atoms with Crippen LogP contribution in [0.5, 0.6) is 5.75 Å². The van der Waals surface area contributed by atoms with Gasteiger partial charge in [0.15, 0.2) is 0 Å². The second-order valence-electron chi connectivity index (χ2n) is 4.27. The molecular weight excluding hydrogens is 236 g/mol. The van der Waals surface area contributed by atoms with Gasteiger partial charge in [-0.25, -0.2) is 0 Å². The summed E-state index contributed by atoms with van der Waals surface area (Å²) in [6, 6.07) is 8.19. The Bertz CT molecular complexity index is 442. The quantitative estimate of drug-likeness (QED) is 0.894. The van der Waals surface area contributed by atoms with E-state index >= 15 is 0 Å². The standard InChI is InChI=1S/C13H15ClN2O/c1-17-13-6-5-10(7-11(13)14)16-12-4-2-3-9(12)8-15/h5-7,9,12,16H,2-4H2,1H3. The van der Waals surface area contributed by atoms with Crippen molar-refractivity contribution in [3.8, 4) is 11.8 Å². The van der Waals surface area contributed by atoms with Gasteiger partial charge in [0.2, 0.25) is 0 Å². The summed E-state index contributed by atoms with van der Waals surface area (Å²) < 4.78 is 5.10. The molecule has 2 atom stereocenters. The molecule has 1 aromatic rings. The summed E-state index contributed by atoms with van der Waals surface area (Å²) in [5.74, 6) is 0.774. The molecule has 0 radical (unpaired) electrons. The fraction of sp³-hybridized carbons (Fsp3) is 0.462. The van der Waals surface area contributed by atoms with Gasteiger partial charge in [-0.1, -0.05) is 11.6 Å². The Hall–Kier alpha value is -1.40. The van der Waals surface area contributed by atoms with Crippen molar-refractivity contribution in [3.05, 3.63) is 23.2 Å². The van der Waals surface area contributed by atoms with E-state index < -0.39 is 0 Å². The van der Waals surface area contributed by atoms with Crippen molar-refractivity contribution in [1.29, 1.82) is 5.26 Å². The Balaban J connectivity index is 2.09. The normalized spacial score (nSPS) is 23.1. The molecule has 0 aliphatic heterocycles. The van der Waals surface area contributed by atoms with Crippen molar-refractivity contribution in [2.24, 2.45) is 5.92 Å². The van der Waals surface area contributed by atoms with Crippen LogP contribution in [0.15, 0.2) is 18.2 Å². The van der Waals surface area contributed by atoms with Crippen molar-refractivity contribution in [2.75, 3.05) is 12.4 Å². The molecule has 2 rings (SSSR count). The smallest absolute Gasteiger partial charge is 0.137 e. The van der Waals surface area contributed by atoms with E-state index in [-0.39, 0.29) is 12.0 Å². The van der Waals surface area contributed by atoms with E-state index in [1.54, 1.807) is 7.11 Å². The average molecular weight is 251 g/mol. The van der Waals surface area contributed by atoms with Gasteiger partial charge in [0.1, 0.15) is 5.75 Å². The molecule has 0 bridgehead atoms. The highest BCUT2D eigenvalue weighted by molar-refractivity contribution is 6.32. The number of hydrogen-bond donors (Lipinski definition) is 1. The van der Waals surface area contributed by atoms with Gasteiger partial charge in [-0.15, -0.1) is 0 Å². The number of anilines is 1. The highest BCUT2D eigenvalue weighted by Gasteiger charge is 2.26. The zero-order valence-corrected chi connectivity index (χ0v) is 10.5. The van der Waals surface area contributed by atoms with Crippen molar-refractivity contribution in [1.82, 2.24) is 0 Å². The predicted molar refractivity (Wildman–Crippen MR) is 68.4 cm³/mol. The van der Waals surface area contributed by atoms with Crippen LogP contribution >= 0.6 is 11.6 Å². The first-order valence-electron chi connectivity index (χ1n) is 5.74. The lowest BCUT2D eigenvalue weighted by molar-refractivity contribution is 0.415. The molecule has 1 aliphatic carbocycles. The van der Waals surface area contributed by atoms with E-state index in [0.29, 0.717) is 10.8 Å². The zero-order chi connectivity index (χ0) is 12.3. The third-order valence-corrected chi connectivity index (χ3v) is 3.48. The summed E-state index contributed by atoms with van der Waals surface area (Å²) >= 11 is 6.06. The van der Waals surface area contributed by atoms with Crippen LogP contribution in [0.3, 0.4) is 0 Å². The highest BCUT2D eigenvalue weighted by atomic mass is 35.5. The predicted octanol–water partition coefficient (Wildman–Crippen LogP) is 3.45. The Labute approximate surface area is 106 Å². The third kappa shape index (κ3) is 2.65. The van der Waals surface area contributed by atoms with Crippen LogP contribution in [-0.4, -0.2) is 13.2 Å². The molecular formula is C13H15ClN2O. The number of rotatable bonds is 3. The fourth-order valence-corrected chi connectivity index (χ4v) is 2.52. The molecule has 17 heavy (non-hydrogen) atoms. The van der Waals surface area contributed by atoms with Gasteiger partial charge in [0, 0.05) is 11.7 Å². The lowest BCUT2D eigenvalue weighted by Gasteiger charge is -2.17. The summed E-state index contributed by atoms with van der Waals surface area (Å²) in [7, 11) is 1.59.